The van der Waals surface area contributed by atoms with Gasteiger partial charge in [-0.25, -0.2) is 4.98 Å². The number of thioether (sulfide) groups is 1. The van der Waals surface area contributed by atoms with E-state index in [2.05, 4.69) is 16.8 Å². The second kappa shape index (κ2) is 9.42. The van der Waals surface area contributed by atoms with E-state index >= 15 is 0 Å². The summed E-state index contributed by atoms with van der Waals surface area (Å²) in [7, 11) is 2.18. The molecule has 0 saturated carbocycles. The Morgan fingerprint density at radius 2 is 1.97 bits per heavy atom. The Morgan fingerprint density at radius 3 is 2.67 bits per heavy atom. The lowest BCUT2D eigenvalue weighted by Gasteiger charge is -2.23. The molecule has 0 radical (unpaired) electrons. The summed E-state index contributed by atoms with van der Waals surface area (Å²) in [6.45, 7) is 15.5. The normalized spacial score (nSPS) is 23.2. The van der Waals surface area contributed by atoms with Gasteiger partial charge in [-0.15, -0.1) is 0 Å². The zero-order valence-electron chi connectivity index (χ0n) is 19.2. The van der Waals surface area contributed by atoms with Crippen molar-refractivity contribution in [3.8, 4) is 5.75 Å². The summed E-state index contributed by atoms with van der Waals surface area (Å²) in [4.78, 5) is 22.2. The molecule has 0 amide bonds. The van der Waals surface area contributed by atoms with Gasteiger partial charge in [0, 0.05) is 30.8 Å². The summed E-state index contributed by atoms with van der Waals surface area (Å²) in [6, 6.07) is -0.448. The van der Waals surface area contributed by atoms with E-state index in [1.54, 1.807) is 0 Å². The maximum atomic E-state index is 12.6. The minimum Gasteiger partial charge on any atom is -0.490 e. The van der Waals surface area contributed by atoms with E-state index in [1.165, 1.54) is 18.2 Å². The lowest BCUT2D eigenvalue weighted by atomic mass is 10.00. The smallest absolute Gasteiger partial charge is 0.321 e. The number of nitrogens with two attached hydrogens (primary N) is 1. The van der Waals surface area contributed by atoms with Crippen molar-refractivity contribution in [2.45, 2.75) is 63.0 Å². The molecular formula is C22H36N4O3S. The molecule has 2 N–H and O–H groups in total. The first-order valence-corrected chi connectivity index (χ1v) is 11.6. The van der Waals surface area contributed by atoms with Crippen molar-refractivity contribution in [2.24, 2.45) is 5.73 Å². The van der Waals surface area contributed by atoms with Crippen LogP contribution in [0.15, 0.2) is 5.03 Å². The first-order valence-electron chi connectivity index (χ1n) is 10.8. The second-order valence-electron chi connectivity index (χ2n) is 9.31. The molecule has 168 valence electrons. The van der Waals surface area contributed by atoms with Crippen LogP contribution in [0, 0.1) is 13.8 Å². The molecule has 8 heteroatoms. The fraction of sp³-hybridized carbons (Fsp3) is 0.727. The summed E-state index contributed by atoms with van der Waals surface area (Å²) in [5.41, 5.74) is 8.67. The molecule has 0 spiro atoms. The number of carbonyl (C=O) groups is 1. The monoisotopic (exact) mass is 436 g/mol. The largest absolute Gasteiger partial charge is 0.490 e. The van der Waals surface area contributed by atoms with Gasteiger partial charge in [-0.05, 0) is 61.2 Å². The number of ether oxygens (including phenoxy) is 2. The van der Waals surface area contributed by atoms with Crippen LogP contribution in [0.1, 0.15) is 50.1 Å². The number of hydrogen-bond donors (Lipinski definition) is 1. The van der Waals surface area contributed by atoms with E-state index in [0.717, 1.165) is 60.3 Å². The lowest BCUT2D eigenvalue weighted by molar-refractivity contribution is -0.154. The Labute approximate surface area is 184 Å². The molecule has 3 heterocycles. The predicted molar refractivity (Wildman–Crippen MR) is 120 cm³/mol. The van der Waals surface area contributed by atoms with Crippen LogP contribution in [0.3, 0.4) is 0 Å². The van der Waals surface area contributed by atoms with Crippen LogP contribution >= 0.6 is 11.8 Å². The van der Waals surface area contributed by atoms with Crippen molar-refractivity contribution in [1.29, 1.82) is 0 Å². The summed E-state index contributed by atoms with van der Waals surface area (Å²) >= 11 is 1.40. The number of aryl methyl sites for hydroxylation is 1. The predicted octanol–water partition coefficient (Wildman–Crippen LogP) is 2.53. The van der Waals surface area contributed by atoms with Gasteiger partial charge in [-0.1, -0.05) is 11.8 Å². The van der Waals surface area contributed by atoms with Gasteiger partial charge in [0.1, 0.15) is 28.2 Å². The topological polar surface area (TPSA) is 80.9 Å². The van der Waals surface area contributed by atoms with Crippen LogP contribution in [0.5, 0.6) is 5.75 Å². The van der Waals surface area contributed by atoms with Gasteiger partial charge in [0.25, 0.3) is 0 Å². The molecule has 0 aromatic carbocycles. The Morgan fingerprint density at radius 1 is 1.23 bits per heavy atom. The highest BCUT2D eigenvalue weighted by Gasteiger charge is 2.41. The molecule has 0 aliphatic carbocycles. The maximum absolute atomic E-state index is 12.6. The molecule has 0 bridgehead atoms. The SMILES string of the molecule is Cc1nc2c(c(C)c1OCCN1CCCN(C)CC1)C(N)C(C(=O)OC(C)(C)C)S2. The standard InChI is InChI=1S/C22H36N4O3S/c1-14-16-17(23)19(21(27)29-22(3,4)5)30-20(16)24-15(2)18(14)28-13-12-26-9-7-8-25(6)10-11-26/h17,19H,7-13,23H2,1-6H3. The molecule has 7 nitrogen and oxygen atoms in total. The summed E-state index contributed by atoms with van der Waals surface area (Å²) in [5, 5.41) is 0.338. The van der Waals surface area contributed by atoms with Crippen LogP contribution in [-0.2, 0) is 9.53 Å². The molecule has 1 saturated heterocycles. The molecule has 2 aliphatic heterocycles. The van der Waals surface area contributed by atoms with Gasteiger partial charge >= 0.3 is 5.97 Å². The molecular weight excluding hydrogens is 400 g/mol. The zero-order chi connectivity index (χ0) is 22.1. The molecule has 3 rings (SSSR count). The van der Waals surface area contributed by atoms with Crippen molar-refractivity contribution in [3.05, 3.63) is 16.8 Å². The van der Waals surface area contributed by atoms with Gasteiger partial charge < -0.3 is 20.1 Å². The van der Waals surface area contributed by atoms with Crippen molar-refractivity contribution in [2.75, 3.05) is 46.4 Å². The number of nitrogens with zero attached hydrogens (tertiary/aromatic N) is 3. The van der Waals surface area contributed by atoms with E-state index in [4.69, 9.17) is 20.2 Å². The van der Waals surface area contributed by atoms with Crippen molar-refractivity contribution in [1.82, 2.24) is 14.8 Å². The van der Waals surface area contributed by atoms with Crippen molar-refractivity contribution >= 4 is 17.7 Å². The van der Waals surface area contributed by atoms with Crippen LogP contribution in [0.25, 0.3) is 0 Å². The molecule has 2 unspecified atom stereocenters. The Hall–Kier alpha value is -1.35. The Bertz CT molecular complexity index is 781. The molecule has 1 aromatic rings. The maximum Gasteiger partial charge on any atom is 0.321 e. The minimum absolute atomic E-state index is 0.288. The van der Waals surface area contributed by atoms with Crippen molar-refractivity contribution in [3.63, 3.8) is 0 Å². The molecule has 2 atom stereocenters. The Kier molecular flexibility index (Phi) is 7.32. The van der Waals surface area contributed by atoms with E-state index in [0.29, 0.717) is 6.61 Å². The highest BCUT2D eigenvalue weighted by molar-refractivity contribution is 8.00. The van der Waals surface area contributed by atoms with Crippen molar-refractivity contribution < 1.29 is 14.3 Å². The third-order valence-electron chi connectivity index (χ3n) is 5.58. The third kappa shape index (κ3) is 5.46. The fourth-order valence-corrected chi connectivity index (χ4v) is 5.29. The van der Waals surface area contributed by atoms with Gasteiger partial charge in [0.2, 0.25) is 0 Å². The summed E-state index contributed by atoms with van der Waals surface area (Å²) in [5.74, 6) is 0.505. The van der Waals surface area contributed by atoms with Crippen LogP contribution < -0.4 is 10.5 Å². The first-order chi connectivity index (χ1) is 14.1. The van der Waals surface area contributed by atoms with E-state index in [9.17, 15) is 4.79 Å². The highest BCUT2D eigenvalue weighted by atomic mass is 32.2. The average molecular weight is 437 g/mol. The summed E-state index contributed by atoms with van der Waals surface area (Å²) < 4.78 is 11.8. The zero-order valence-corrected chi connectivity index (χ0v) is 20.0. The number of fused-ring (bicyclic) bond motifs is 1. The lowest BCUT2D eigenvalue weighted by Crippen LogP contribution is -2.34. The quantitative estimate of drug-likeness (QED) is 0.706. The number of esters is 1. The fourth-order valence-electron chi connectivity index (χ4n) is 4.01. The van der Waals surface area contributed by atoms with E-state index < -0.39 is 16.9 Å². The molecule has 30 heavy (non-hydrogen) atoms. The third-order valence-corrected chi connectivity index (χ3v) is 6.85. The number of pyridine rings is 1. The van der Waals surface area contributed by atoms with Gasteiger partial charge in [-0.2, -0.15) is 0 Å². The number of rotatable bonds is 5. The molecule has 2 aliphatic rings. The Balaban J connectivity index is 1.67. The second-order valence-corrected chi connectivity index (χ2v) is 10.4. The van der Waals surface area contributed by atoms with E-state index in [1.807, 2.05) is 34.6 Å². The minimum atomic E-state index is -0.541. The van der Waals surface area contributed by atoms with Gasteiger partial charge in [0.15, 0.2) is 0 Å². The first kappa shape index (κ1) is 23.3. The van der Waals surface area contributed by atoms with Gasteiger partial charge in [-0.3, -0.25) is 9.69 Å². The molecule has 1 fully saturated rings. The van der Waals surface area contributed by atoms with Crippen LogP contribution in [-0.4, -0.2) is 78.0 Å². The summed E-state index contributed by atoms with van der Waals surface area (Å²) in [6.07, 6.45) is 1.19. The highest BCUT2D eigenvalue weighted by Crippen LogP contribution is 2.46. The van der Waals surface area contributed by atoms with Gasteiger partial charge in [0.05, 0.1) is 11.7 Å². The number of hydrogen-bond acceptors (Lipinski definition) is 8. The van der Waals surface area contributed by atoms with Crippen LogP contribution in [0.4, 0.5) is 0 Å². The molecule has 1 aromatic heterocycles. The number of likely N-dealkylation sites (N-methyl/N-ethyl adjacent to an activating group) is 1. The average Bonchev–Trinajstić information content (AvgIpc) is 2.82. The van der Waals surface area contributed by atoms with E-state index in [-0.39, 0.29) is 5.97 Å². The van der Waals surface area contributed by atoms with Crippen LogP contribution in [0.2, 0.25) is 0 Å². The number of aromatic nitrogens is 1. The number of carbonyl (C=O) groups excluding carboxylic acids is 1.